The Balaban J connectivity index is 2.94. The molecule has 98 valence electrons. The average Bonchev–Trinajstić information content (AvgIpc) is 2.28. The van der Waals surface area contributed by atoms with Crippen LogP contribution >= 0.6 is 11.6 Å². The average molecular weight is 271 g/mol. The Labute approximate surface area is 110 Å². The topological polar surface area (TPSA) is 92.4 Å². The molecule has 1 aromatic carbocycles. The summed E-state index contributed by atoms with van der Waals surface area (Å²) < 4.78 is 0. The van der Waals surface area contributed by atoms with Gasteiger partial charge in [0.1, 0.15) is 5.56 Å². The molecule has 1 amide bonds. The molecule has 0 fully saturated rings. The second kappa shape index (κ2) is 6.37. The van der Waals surface area contributed by atoms with Gasteiger partial charge in [0.25, 0.3) is 0 Å². The van der Waals surface area contributed by atoms with Crippen LogP contribution in [0.25, 0.3) is 0 Å². The number of hydrogen-bond acceptors (Lipinski definition) is 3. The first kappa shape index (κ1) is 14.5. The molecular formula is C12H15ClN2O3. The fourth-order valence-corrected chi connectivity index (χ4v) is 1.77. The van der Waals surface area contributed by atoms with Gasteiger partial charge >= 0.3 is 5.97 Å². The van der Waals surface area contributed by atoms with Gasteiger partial charge in [-0.1, -0.05) is 31.0 Å². The number of amides is 1. The Bertz CT molecular complexity index is 463. The van der Waals surface area contributed by atoms with E-state index in [1.54, 1.807) is 6.07 Å². The first-order chi connectivity index (χ1) is 8.47. The first-order valence-electron chi connectivity index (χ1n) is 5.55. The molecule has 4 N–H and O–H groups in total. The van der Waals surface area contributed by atoms with Crippen molar-refractivity contribution in [3.8, 4) is 0 Å². The van der Waals surface area contributed by atoms with Gasteiger partial charge in [-0.3, -0.25) is 4.79 Å². The molecule has 1 unspecified atom stereocenters. The minimum Gasteiger partial charge on any atom is -0.478 e. The van der Waals surface area contributed by atoms with Gasteiger partial charge in [-0.25, -0.2) is 4.79 Å². The number of nitrogens with one attached hydrogen (secondary N) is 1. The molecule has 18 heavy (non-hydrogen) atoms. The highest BCUT2D eigenvalue weighted by molar-refractivity contribution is 6.34. The van der Waals surface area contributed by atoms with Gasteiger partial charge < -0.3 is 16.2 Å². The standard InChI is InChI=1S/C12H15ClN2O3/c1-2-4-8(14)11(16)15-9-6-3-5-7(13)10(9)12(17)18/h3,5-6,8H,2,4,14H2,1H3,(H,15,16)(H,17,18). The number of nitrogens with two attached hydrogens (primary N) is 1. The number of aromatic carboxylic acids is 1. The predicted molar refractivity (Wildman–Crippen MR) is 69.9 cm³/mol. The van der Waals surface area contributed by atoms with Crippen molar-refractivity contribution in [1.82, 2.24) is 0 Å². The summed E-state index contributed by atoms with van der Waals surface area (Å²) in [5, 5.41) is 11.6. The summed E-state index contributed by atoms with van der Waals surface area (Å²) in [6.07, 6.45) is 1.31. The van der Waals surface area contributed by atoms with Crippen molar-refractivity contribution in [2.45, 2.75) is 25.8 Å². The number of halogens is 1. The van der Waals surface area contributed by atoms with Gasteiger partial charge in [0.2, 0.25) is 5.91 Å². The maximum absolute atomic E-state index is 11.7. The summed E-state index contributed by atoms with van der Waals surface area (Å²) >= 11 is 5.79. The predicted octanol–water partition coefficient (Wildman–Crippen LogP) is 2.10. The van der Waals surface area contributed by atoms with Crippen molar-refractivity contribution in [2.75, 3.05) is 5.32 Å². The van der Waals surface area contributed by atoms with Crippen LogP contribution in [0.4, 0.5) is 5.69 Å². The number of carbonyl (C=O) groups is 2. The van der Waals surface area contributed by atoms with Crippen molar-refractivity contribution in [3.63, 3.8) is 0 Å². The van der Waals surface area contributed by atoms with Crippen molar-refractivity contribution >= 4 is 29.2 Å². The van der Waals surface area contributed by atoms with E-state index < -0.39 is 17.9 Å². The largest absolute Gasteiger partial charge is 0.478 e. The van der Waals surface area contributed by atoms with Crippen LogP contribution in [0.3, 0.4) is 0 Å². The Morgan fingerprint density at radius 1 is 1.50 bits per heavy atom. The molecular weight excluding hydrogens is 256 g/mol. The molecule has 0 saturated carbocycles. The quantitative estimate of drug-likeness (QED) is 0.764. The summed E-state index contributed by atoms with van der Waals surface area (Å²) in [4.78, 5) is 22.8. The lowest BCUT2D eigenvalue weighted by Crippen LogP contribution is -2.35. The molecule has 0 aliphatic carbocycles. The zero-order chi connectivity index (χ0) is 13.7. The molecule has 6 heteroatoms. The summed E-state index contributed by atoms with van der Waals surface area (Å²) in [6.45, 7) is 1.91. The van der Waals surface area contributed by atoms with E-state index in [0.717, 1.165) is 6.42 Å². The van der Waals surface area contributed by atoms with Crippen LogP contribution in [0.2, 0.25) is 5.02 Å². The molecule has 0 radical (unpaired) electrons. The third-order valence-electron chi connectivity index (χ3n) is 2.42. The lowest BCUT2D eigenvalue weighted by Gasteiger charge is -2.13. The van der Waals surface area contributed by atoms with E-state index in [-0.39, 0.29) is 16.3 Å². The molecule has 1 atom stereocenters. The highest BCUT2D eigenvalue weighted by Crippen LogP contribution is 2.24. The van der Waals surface area contributed by atoms with Crippen LogP contribution in [-0.2, 0) is 4.79 Å². The fraction of sp³-hybridized carbons (Fsp3) is 0.333. The SMILES string of the molecule is CCCC(N)C(=O)Nc1cccc(Cl)c1C(=O)O. The summed E-state index contributed by atoms with van der Waals surface area (Å²) in [7, 11) is 0. The molecule has 0 bridgehead atoms. The summed E-state index contributed by atoms with van der Waals surface area (Å²) in [5.41, 5.74) is 5.68. The van der Waals surface area contributed by atoms with E-state index in [1.165, 1.54) is 12.1 Å². The van der Waals surface area contributed by atoms with Gasteiger partial charge in [-0.2, -0.15) is 0 Å². The van der Waals surface area contributed by atoms with Gasteiger partial charge in [0, 0.05) is 0 Å². The van der Waals surface area contributed by atoms with Crippen LogP contribution in [0.15, 0.2) is 18.2 Å². The van der Waals surface area contributed by atoms with Gasteiger partial charge in [0.05, 0.1) is 16.8 Å². The lowest BCUT2D eigenvalue weighted by molar-refractivity contribution is -0.117. The second-order valence-corrected chi connectivity index (χ2v) is 4.26. The molecule has 0 aliphatic heterocycles. The molecule has 0 aromatic heterocycles. The molecule has 1 aromatic rings. The monoisotopic (exact) mass is 270 g/mol. The third-order valence-corrected chi connectivity index (χ3v) is 2.74. The second-order valence-electron chi connectivity index (χ2n) is 3.85. The van der Waals surface area contributed by atoms with Crippen LogP contribution in [0.1, 0.15) is 30.1 Å². The molecule has 5 nitrogen and oxygen atoms in total. The fourth-order valence-electron chi connectivity index (χ4n) is 1.51. The minimum absolute atomic E-state index is 0.0735. The molecule has 0 spiro atoms. The number of carboxylic acids is 1. The highest BCUT2D eigenvalue weighted by atomic mass is 35.5. The smallest absolute Gasteiger partial charge is 0.339 e. The van der Waals surface area contributed by atoms with E-state index in [1.807, 2.05) is 6.92 Å². The van der Waals surface area contributed by atoms with E-state index >= 15 is 0 Å². The van der Waals surface area contributed by atoms with Gasteiger partial charge in [0.15, 0.2) is 0 Å². The molecule has 0 saturated heterocycles. The minimum atomic E-state index is -1.19. The molecule has 0 aliphatic rings. The van der Waals surface area contributed by atoms with E-state index in [2.05, 4.69) is 5.32 Å². The zero-order valence-corrected chi connectivity index (χ0v) is 10.7. The van der Waals surface area contributed by atoms with Crippen LogP contribution in [0.5, 0.6) is 0 Å². The van der Waals surface area contributed by atoms with Crippen LogP contribution in [-0.4, -0.2) is 23.0 Å². The van der Waals surface area contributed by atoms with Crippen molar-refractivity contribution in [1.29, 1.82) is 0 Å². The Morgan fingerprint density at radius 3 is 2.72 bits per heavy atom. The maximum Gasteiger partial charge on any atom is 0.339 e. The van der Waals surface area contributed by atoms with Crippen molar-refractivity contribution < 1.29 is 14.7 Å². The summed E-state index contributed by atoms with van der Waals surface area (Å²) in [6, 6.07) is 3.84. The zero-order valence-electron chi connectivity index (χ0n) is 9.94. The van der Waals surface area contributed by atoms with Gasteiger partial charge in [-0.05, 0) is 18.6 Å². The first-order valence-corrected chi connectivity index (χ1v) is 5.93. The normalized spacial score (nSPS) is 11.9. The van der Waals surface area contributed by atoms with E-state index in [0.29, 0.717) is 6.42 Å². The number of rotatable bonds is 5. The Hall–Kier alpha value is -1.59. The van der Waals surface area contributed by atoms with Gasteiger partial charge in [-0.15, -0.1) is 0 Å². The van der Waals surface area contributed by atoms with Crippen molar-refractivity contribution in [3.05, 3.63) is 28.8 Å². The molecule has 1 rings (SSSR count). The molecule has 0 heterocycles. The third kappa shape index (κ3) is 3.45. The number of benzene rings is 1. The lowest BCUT2D eigenvalue weighted by atomic mass is 10.1. The van der Waals surface area contributed by atoms with Crippen LogP contribution in [0, 0.1) is 0 Å². The van der Waals surface area contributed by atoms with E-state index in [4.69, 9.17) is 22.4 Å². The van der Waals surface area contributed by atoms with E-state index in [9.17, 15) is 9.59 Å². The number of anilines is 1. The van der Waals surface area contributed by atoms with Crippen molar-refractivity contribution in [2.24, 2.45) is 5.73 Å². The number of hydrogen-bond donors (Lipinski definition) is 3. The highest BCUT2D eigenvalue weighted by Gasteiger charge is 2.18. The Kier molecular flexibility index (Phi) is 5.12. The Morgan fingerprint density at radius 2 is 2.17 bits per heavy atom. The van der Waals surface area contributed by atoms with Crippen LogP contribution < -0.4 is 11.1 Å². The maximum atomic E-state index is 11.7. The number of carbonyl (C=O) groups excluding carboxylic acids is 1. The summed E-state index contributed by atoms with van der Waals surface area (Å²) in [5.74, 6) is -1.61. The number of carboxylic acid groups (broad SMARTS) is 1.